The maximum Gasteiger partial charge on any atom is 0.325 e. The molecule has 11 nitrogen and oxygen atoms in total. The second-order valence-corrected chi connectivity index (χ2v) is 5.56. The summed E-state index contributed by atoms with van der Waals surface area (Å²) >= 11 is 0. The molecule has 1 aromatic heterocycles. The summed E-state index contributed by atoms with van der Waals surface area (Å²) in [7, 11) is 0. The van der Waals surface area contributed by atoms with Gasteiger partial charge in [0.2, 0.25) is 5.69 Å². The van der Waals surface area contributed by atoms with Crippen LogP contribution in [0, 0.1) is 21.4 Å². The zero-order valence-corrected chi connectivity index (χ0v) is 15.8. The number of nitriles is 1. The minimum Gasteiger partial charge on any atom is -0.491 e. The van der Waals surface area contributed by atoms with Crippen LogP contribution in [-0.4, -0.2) is 34.1 Å². The first kappa shape index (κ1) is 21.8. The van der Waals surface area contributed by atoms with E-state index in [1.54, 1.807) is 6.08 Å². The summed E-state index contributed by atoms with van der Waals surface area (Å²) in [4.78, 5) is 30.7. The van der Waals surface area contributed by atoms with E-state index in [9.17, 15) is 14.9 Å². The van der Waals surface area contributed by atoms with Crippen LogP contribution in [0.3, 0.4) is 0 Å². The molecule has 2 rings (SSSR count). The molecule has 2 amide bonds. The van der Waals surface area contributed by atoms with Crippen molar-refractivity contribution in [2.75, 3.05) is 23.8 Å². The van der Waals surface area contributed by atoms with Crippen LogP contribution in [0.4, 0.5) is 22.0 Å². The first-order chi connectivity index (χ1) is 14.5. The number of anilines is 2. The smallest absolute Gasteiger partial charge is 0.325 e. The van der Waals surface area contributed by atoms with Gasteiger partial charge in [0.05, 0.1) is 23.4 Å². The van der Waals surface area contributed by atoms with E-state index in [-0.39, 0.29) is 47.7 Å². The second kappa shape index (κ2) is 10.8. The van der Waals surface area contributed by atoms with Crippen LogP contribution in [0.1, 0.15) is 12.1 Å². The first-order valence-electron chi connectivity index (χ1n) is 8.59. The number of nitro benzene ring substituents is 1. The van der Waals surface area contributed by atoms with Gasteiger partial charge < -0.3 is 14.8 Å². The number of carbonyl (C=O) groups is 1. The molecule has 0 aliphatic carbocycles. The summed E-state index contributed by atoms with van der Waals surface area (Å²) in [6.45, 7) is 7.47. The van der Waals surface area contributed by atoms with Gasteiger partial charge >= 0.3 is 6.03 Å². The van der Waals surface area contributed by atoms with E-state index in [2.05, 4.69) is 33.8 Å². The van der Waals surface area contributed by atoms with Crippen molar-refractivity contribution < 1.29 is 19.2 Å². The number of hydrogen-bond acceptors (Lipinski definition) is 8. The number of nitrogens with zero attached hydrogens (tertiary/aromatic N) is 4. The number of nitrogens with one attached hydrogen (secondary N) is 2. The topological polar surface area (TPSA) is 152 Å². The predicted molar refractivity (Wildman–Crippen MR) is 108 cm³/mol. The van der Waals surface area contributed by atoms with E-state index in [0.717, 1.165) is 0 Å². The summed E-state index contributed by atoms with van der Waals surface area (Å²) in [5, 5.41) is 25.0. The Morgan fingerprint density at radius 3 is 2.77 bits per heavy atom. The highest BCUT2D eigenvalue weighted by molar-refractivity contribution is 6.00. The first-order valence-corrected chi connectivity index (χ1v) is 8.59. The van der Waals surface area contributed by atoms with Crippen LogP contribution in [-0.2, 0) is 0 Å². The highest BCUT2D eigenvalue weighted by atomic mass is 16.6. The number of non-ortho nitro benzene ring substituents is 1. The summed E-state index contributed by atoms with van der Waals surface area (Å²) in [6.07, 6.45) is 4.84. The summed E-state index contributed by atoms with van der Waals surface area (Å²) < 4.78 is 10.8. The minimum absolute atomic E-state index is 0.00474. The standard InChI is InChI=1S/C19H18N6O5/c1-3-5-9-29-16-7-6-13(25(27)28)10-14(16)22-19(26)24-17-12-21-15(11-20)18(23-17)30-8-4-2/h3-4,6-7,10,12H,1-2,5,8-9H2,(H2,22,23,24,26). The summed E-state index contributed by atoms with van der Waals surface area (Å²) in [5.41, 5.74) is -0.186. The lowest BCUT2D eigenvalue weighted by molar-refractivity contribution is -0.384. The molecule has 0 unspecified atom stereocenters. The number of hydrogen-bond donors (Lipinski definition) is 2. The molecule has 2 aromatic rings. The number of ether oxygens (including phenoxy) is 2. The van der Waals surface area contributed by atoms with E-state index in [1.165, 1.54) is 30.5 Å². The van der Waals surface area contributed by atoms with E-state index in [0.29, 0.717) is 6.42 Å². The normalized spacial score (nSPS) is 9.70. The fourth-order valence-electron chi connectivity index (χ4n) is 2.12. The van der Waals surface area contributed by atoms with Crippen molar-refractivity contribution in [1.82, 2.24) is 9.97 Å². The number of aromatic nitrogens is 2. The predicted octanol–water partition coefficient (Wildman–Crippen LogP) is 3.42. The van der Waals surface area contributed by atoms with Gasteiger partial charge in [-0.1, -0.05) is 18.7 Å². The molecule has 0 atom stereocenters. The lowest BCUT2D eigenvalue weighted by atomic mass is 10.2. The van der Waals surface area contributed by atoms with Crippen molar-refractivity contribution in [3.05, 3.63) is 65.5 Å². The lowest BCUT2D eigenvalue weighted by Crippen LogP contribution is -2.21. The molecule has 0 bridgehead atoms. The monoisotopic (exact) mass is 410 g/mol. The Kier molecular flexibility index (Phi) is 7.84. The van der Waals surface area contributed by atoms with E-state index < -0.39 is 11.0 Å². The number of urea groups is 1. The van der Waals surface area contributed by atoms with Gasteiger partial charge in [0, 0.05) is 12.1 Å². The SMILES string of the molecule is C=CCCOc1ccc([N+](=O)[O-])cc1NC(=O)Nc1cnc(C#N)c(OCC=C)n1. The number of rotatable bonds is 10. The third kappa shape index (κ3) is 6.03. The van der Waals surface area contributed by atoms with Crippen LogP contribution in [0.15, 0.2) is 49.7 Å². The number of nitro groups is 1. The van der Waals surface area contributed by atoms with Gasteiger partial charge in [-0.05, 0) is 12.5 Å². The molecule has 11 heteroatoms. The fourth-order valence-corrected chi connectivity index (χ4v) is 2.12. The van der Waals surface area contributed by atoms with Crippen LogP contribution in [0.2, 0.25) is 0 Å². The molecule has 0 radical (unpaired) electrons. The van der Waals surface area contributed by atoms with Gasteiger partial charge in [-0.15, -0.1) is 6.58 Å². The molecule has 30 heavy (non-hydrogen) atoms. The number of carbonyl (C=O) groups excluding carboxylic acids is 1. The fraction of sp³-hybridized carbons (Fsp3) is 0.158. The Morgan fingerprint density at radius 2 is 2.10 bits per heavy atom. The molecule has 0 saturated carbocycles. The third-order valence-electron chi connectivity index (χ3n) is 3.43. The Balaban J connectivity index is 2.19. The highest BCUT2D eigenvalue weighted by Crippen LogP contribution is 2.29. The molecule has 0 aliphatic rings. The van der Waals surface area contributed by atoms with Crippen LogP contribution < -0.4 is 20.1 Å². The van der Waals surface area contributed by atoms with Gasteiger partial charge in [-0.2, -0.15) is 10.2 Å². The zero-order valence-electron chi connectivity index (χ0n) is 15.8. The van der Waals surface area contributed by atoms with Gasteiger partial charge in [0.25, 0.3) is 11.6 Å². The Labute approximate surface area is 171 Å². The average molecular weight is 410 g/mol. The zero-order chi connectivity index (χ0) is 21.9. The van der Waals surface area contributed by atoms with Gasteiger partial charge in [-0.3, -0.25) is 15.4 Å². The third-order valence-corrected chi connectivity index (χ3v) is 3.43. The Morgan fingerprint density at radius 1 is 1.30 bits per heavy atom. The largest absolute Gasteiger partial charge is 0.491 e. The maximum atomic E-state index is 12.4. The Hall–Kier alpha value is -4.46. The van der Waals surface area contributed by atoms with E-state index in [4.69, 9.17) is 14.7 Å². The lowest BCUT2D eigenvalue weighted by Gasteiger charge is -2.13. The molecule has 0 spiro atoms. The van der Waals surface area contributed by atoms with Crippen molar-refractivity contribution in [3.63, 3.8) is 0 Å². The van der Waals surface area contributed by atoms with Crippen molar-refractivity contribution in [1.29, 1.82) is 5.26 Å². The van der Waals surface area contributed by atoms with E-state index in [1.807, 2.05) is 6.07 Å². The van der Waals surface area contributed by atoms with Gasteiger partial charge in [0.15, 0.2) is 5.82 Å². The molecule has 0 aliphatic heterocycles. The molecule has 1 heterocycles. The van der Waals surface area contributed by atoms with Crippen molar-refractivity contribution in [3.8, 4) is 17.7 Å². The molecule has 1 aromatic carbocycles. The Bertz CT molecular complexity index is 1000. The van der Waals surface area contributed by atoms with Crippen LogP contribution in [0.5, 0.6) is 11.6 Å². The van der Waals surface area contributed by atoms with Crippen molar-refractivity contribution in [2.24, 2.45) is 0 Å². The molecule has 154 valence electrons. The summed E-state index contributed by atoms with van der Waals surface area (Å²) in [5.74, 6) is 0.183. The summed E-state index contributed by atoms with van der Waals surface area (Å²) in [6, 6.07) is 4.90. The molecular formula is C19H18N6O5. The van der Waals surface area contributed by atoms with Gasteiger partial charge in [0.1, 0.15) is 18.4 Å². The minimum atomic E-state index is -0.752. The molecule has 0 saturated heterocycles. The second-order valence-electron chi connectivity index (χ2n) is 5.56. The number of benzene rings is 1. The highest BCUT2D eigenvalue weighted by Gasteiger charge is 2.16. The van der Waals surface area contributed by atoms with Gasteiger partial charge in [-0.25, -0.2) is 9.78 Å². The average Bonchev–Trinajstić information content (AvgIpc) is 2.73. The quantitative estimate of drug-likeness (QED) is 0.261. The van der Waals surface area contributed by atoms with Crippen LogP contribution in [0.25, 0.3) is 0 Å². The molecular weight excluding hydrogens is 392 g/mol. The number of amides is 2. The molecule has 0 fully saturated rings. The molecule has 2 N–H and O–H groups in total. The van der Waals surface area contributed by atoms with Crippen molar-refractivity contribution >= 4 is 23.2 Å². The maximum absolute atomic E-state index is 12.4. The van der Waals surface area contributed by atoms with Crippen molar-refractivity contribution in [2.45, 2.75) is 6.42 Å². The van der Waals surface area contributed by atoms with E-state index >= 15 is 0 Å². The van der Waals surface area contributed by atoms with Crippen LogP contribution >= 0.6 is 0 Å².